The number of rotatable bonds is 23. The summed E-state index contributed by atoms with van der Waals surface area (Å²) in [5.41, 5.74) is 11.3. The molecule has 244 valence electrons. The van der Waals surface area contributed by atoms with E-state index in [0.29, 0.717) is 11.4 Å². The van der Waals surface area contributed by atoms with E-state index in [-0.39, 0.29) is 11.4 Å². The van der Waals surface area contributed by atoms with Gasteiger partial charge < -0.3 is 10.2 Å². The van der Waals surface area contributed by atoms with Gasteiger partial charge in [0, 0.05) is 15.1 Å². The first-order chi connectivity index (χ1) is 21.2. The van der Waals surface area contributed by atoms with Crippen LogP contribution in [-0.2, 0) is 29.4 Å². The van der Waals surface area contributed by atoms with Crippen LogP contribution in [0.1, 0.15) is 133 Å². The molecule has 0 aromatic heterocycles. The predicted molar refractivity (Wildman–Crippen MR) is 178 cm³/mol. The first-order valence-corrected chi connectivity index (χ1v) is 17.9. The lowest BCUT2D eigenvalue weighted by Gasteiger charge is -2.21. The van der Waals surface area contributed by atoms with Crippen LogP contribution in [0.3, 0.4) is 0 Å². The average molecular weight is 629 g/mol. The molecule has 0 fully saturated rings. The highest BCUT2D eigenvalue weighted by Gasteiger charge is 2.19. The molecule has 0 bridgehead atoms. The second-order valence-electron chi connectivity index (χ2n) is 11.7. The summed E-state index contributed by atoms with van der Waals surface area (Å²) < 4.78 is 26.9. The Morgan fingerprint density at radius 2 is 1.20 bits per heavy atom. The standard InChI is InChI=1S/C34H52N4O5S/c1-3-5-7-9-11-12-13-14-16-18-20-30-26-28(25-29(33(30)39)19-17-15-10-8-6-4-2)27-38(34(40)41)31-21-23-32(24-22-31)44(42,43)37-36-35/h21-26,39H,3-20,27H2,1-2H3,(H,40,41). The number of aryl methyl sites for hydroxylation is 2. The zero-order valence-electron chi connectivity index (χ0n) is 26.7. The van der Waals surface area contributed by atoms with Crippen molar-refractivity contribution in [3.05, 3.63) is 63.5 Å². The molecule has 0 saturated carbocycles. The van der Waals surface area contributed by atoms with Gasteiger partial charge in [0.1, 0.15) is 5.75 Å². The molecule has 0 unspecified atom stereocenters. The number of azide groups is 1. The van der Waals surface area contributed by atoms with Gasteiger partial charge in [0.2, 0.25) is 0 Å². The van der Waals surface area contributed by atoms with Gasteiger partial charge in [-0.3, -0.25) is 4.90 Å². The Hall–Kier alpha value is -3.23. The number of benzene rings is 2. The number of amides is 1. The molecule has 2 aromatic carbocycles. The molecule has 10 heteroatoms. The van der Waals surface area contributed by atoms with Gasteiger partial charge >= 0.3 is 6.09 Å². The fourth-order valence-corrected chi connectivity index (χ4v) is 6.22. The van der Waals surface area contributed by atoms with Crippen molar-refractivity contribution in [2.45, 2.75) is 141 Å². The Bertz CT molecular complexity index is 1290. The molecule has 0 aliphatic rings. The maximum atomic E-state index is 12.3. The van der Waals surface area contributed by atoms with E-state index < -0.39 is 16.1 Å². The van der Waals surface area contributed by atoms with Crippen molar-refractivity contribution in [1.82, 2.24) is 0 Å². The minimum absolute atomic E-state index is 0.0482. The van der Waals surface area contributed by atoms with Gasteiger partial charge in [-0.2, -0.15) is 0 Å². The highest BCUT2D eigenvalue weighted by Crippen LogP contribution is 2.30. The highest BCUT2D eigenvalue weighted by molar-refractivity contribution is 7.90. The van der Waals surface area contributed by atoms with Gasteiger partial charge in [-0.05, 0) is 72.2 Å². The Labute approximate surface area is 264 Å². The number of carbonyl (C=O) groups is 1. The first-order valence-electron chi connectivity index (χ1n) is 16.5. The van der Waals surface area contributed by atoms with Crippen LogP contribution in [0.25, 0.3) is 10.4 Å². The molecule has 0 spiro atoms. The van der Waals surface area contributed by atoms with Crippen molar-refractivity contribution < 1.29 is 23.4 Å². The van der Waals surface area contributed by atoms with Crippen LogP contribution in [-0.4, -0.2) is 24.7 Å². The minimum Gasteiger partial charge on any atom is -0.507 e. The SMILES string of the molecule is CCCCCCCCCCCCc1cc(CN(C(=O)O)c2ccc(S(=O)(=O)N=[N+]=[N-])cc2)cc(CCCCCCCC)c1O. The number of aromatic hydroxyl groups is 1. The first kappa shape index (κ1) is 37.0. The van der Waals surface area contributed by atoms with Crippen molar-refractivity contribution in [2.75, 3.05) is 4.90 Å². The monoisotopic (exact) mass is 628 g/mol. The summed E-state index contributed by atoms with van der Waals surface area (Å²) in [6.45, 7) is 4.48. The van der Waals surface area contributed by atoms with Crippen LogP contribution in [0.15, 0.2) is 45.8 Å². The number of unbranched alkanes of at least 4 members (excludes halogenated alkanes) is 14. The Kier molecular flexibility index (Phi) is 17.4. The number of hydrogen-bond donors (Lipinski definition) is 2. The average Bonchev–Trinajstić information content (AvgIpc) is 3.00. The van der Waals surface area contributed by atoms with Crippen molar-refractivity contribution in [3.63, 3.8) is 0 Å². The number of anilines is 1. The molecule has 0 aliphatic carbocycles. The van der Waals surface area contributed by atoms with E-state index in [9.17, 15) is 23.4 Å². The maximum Gasteiger partial charge on any atom is 0.412 e. The maximum absolute atomic E-state index is 12.3. The summed E-state index contributed by atoms with van der Waals surface area (Å²) in [6.07, 6.45) is 19.4. The molecule has 0 atom stereocenters. The van der Waals surface area contributed by atoms with Crippen LogP contribution < -0.4 is 4.90 Å². The van der Waals surface area contributed by atoms with Crippen LogP contribution in [0.4, 0.5) is 10.5 Å². The van der Waals surface area contributed by atoms with Crippen LogP contribution in [0, 0.1) is 0 Å². The van der Waals surface area contributed by atoms with E-state index in [0.717, 1.165) is 66.5 Å². The summed E-state index contributed by atoms with van der Waals surface area (Å²) in [6, 6.07) is 9.04. The Morgan fingerprint density at radius 1 is 0.773 bits per heavy atom. The predicted octanol–water partition coefficient (Wildman–Crippen LogP) is 10.4. The molecule has 0 radical (unpaired) electrons. The minimum atomic E-state index is -4.17. The molecular weight excluding hydrogens is 576 g/mol. The molecule has 0 saturated heterocycles. The molecule has 1 amide bonds. The van der Waals surface area contributed by atoms with Crippen molar-refractivity contribution in [2.24, 2.45) is 4.52 Å². The van der Waals surface area contributed by atoms with E-state index in [2.05, 4.69) is 23.3 Å². The number of phenols is 1. The lowest BCUT2D eigenvalue weighted by molar-refractivity contribution is 0.201. The van der Waals surface area contributed by atoms with Crippen molar-refractivity contribution in [3.8, 4) is 5.75 Å². The third-order valence-corrected chi connectivity index (χ3v) is 9.24. The molecule has 9 nitrogen and oxygen atoms in total. The molecule has 2 rings (SSSR count). The smallest absolute Gasteiger partial charge is 0.412 e. The highest BCUT2D eigenvalue weighted by atomic mass is 32.2. The second kappa shape index (κ2) is 20.7. The summed E-state index contributed by atoms with van der Waals surface area (Å²) in [4.78, 5) is 15.6. The lowest BCUT2D eigenvalue weighted by Crippen LogP contribution is -2.28. The number of nitrogens with zero attached hydrogens (tertiary/aromatic N) is 4. The molecule has 2 N–H and O–H groups in total. The third kappa shape index (κ3) is 13.2. The molecule has 44 heavy (non-hydrogen) atoms. The van der Waals surface area contributed by atoms with E-state index in [1.807, 2.05) is 12.1 Å². The topological polar surface area (TPSA) is 144 Å². The molecule has 0 heterocycles. The van der Waals surface area contributed by atoms with E-state index in [4.69, 9.17) is 5.53 Å². The summed E-state index contributed by atoms with van der Waals surface area (Å²) in [7, 11) is -4.17. The number of phenolic OH excluding ortho intramolecular Hbond substituents is 1. The van der Waals surface area contributed by atoms with Crippen molar-refractivity contribution >= 4 is 21.8 Å². The summed E-state index contributed by atoms with van der Waals surface area (Å²) in [5, 5.41) is 21.2. The molecule has 0 aliphatic heterocycles. The van der Waals surface area contributed by atoms with Crippen molar-refractivity contribution in [1.29, 1.82) is 0 Å². The van der Waals surface area contributed by atoms with Gasteiger partial charge in [-0.15, -0.1) is 0 Å². The fraction of sp³-hybridized carbons (Fsp3) is 0.618. The normalized spacial score (nSPS) is 11.3. The van der Waals surface area contributed by atoms with Gasteiger partial charge in [-0.1, -0.05) is 116 Å². The summed E-state index contributed by atoms with van der Waals surface area (Å²) >= 11 is 0. The van der Waals surface area contributed by atoms with E-state index in [1.165, 1.54) is 94.9 Å². The molecule has 2 aromatic rings. The largest absolute Gasteiger partial charge is 0.507 e. The van der Waals surface area contributed by atoms with Crippen LogP contribution in [0.2, 0.25) is 0 Å². The van der Waals surface area contributed by atoms with Gasteiger partial charge in [-0.25, -0.2) is 13.2 Å². The second-order valence-corrected chi connectivity index (χ2v) is 13.3. The third-order valence-electron chi connectivity index (χ3n) is 8.09. The van der Waals surface area contributed by atoms with Crippen LogP contribution in [0.5, 0.6) is 5.75 Å². The fourth-order valence-electron chi connectivity index (χ4n) is 5.55. The lowest BCUT2D eigenvalue weighted by atomic mass is 9.95. The summed E-state index contributed by atoms with van der Waals surface area (Å²) in [5.74, 6) is 0.327. The quantitative estimate of drug-likeness (QED) is 0.0544. The van der Waals surface area contributed by atoms with Gasteiger partial charge in [0.15, 0.2) is 0 Å². The van der Waals surface area contributed by atoms with Crippen LogP contribution >= 0.6 is 0 Å². The Balaban J connectivity index is 2.15. The number of carboxylic acid groups (broad SMARTS) is 1. The van der Waals surface area contributed by atoms with Gasteiger partial charge in [0.25, 0.3) is 10.0 Å². The van der Waals surface area contributed by atoms with E-state index >= 15 is 0 Å². The van der Waals surface area contributed by atoms with Gasteiger partial charge in [0.05, 0.1) is 11.4 Å². The number of sulfonamides is 1. The zero-order chi connectivity index (χ0) is 32.2. The Morgan fingerprint density at radius 3 is 1.61 bits per heavy atom. The van der Waals surface area contributed by atoms with E-state index in [1.54, 1.807) is 0 Å². The molecular formula is C34H52N4O5S. The zero-order valence-corrected chi connectivity index (χ0v) is 27.5. The number of hydrogen-bond acceptors (Lipinski definition) is 4.